The Balaban J connectivity index is 2.09. The van der Waals surface area contributed by atoms with Crippen molar-refractivity contribution in [3.8, 4) is 17.0 Å². The smallest absolute Gasteiger partial charge is 0.434 e. The summed E-state index contributed by atoms with van der Waals surface area (Å²) in [4.78, 5) is 16.1. The van der Waals surface area contributed by atoms with E-state index < -0.39 is 54.1 Å². The molecule has 2 atom stereocenters. The topological polar surface area (TPSA) is 71.5 Å². The number of carbonyl (C=O) groups excluding carboxylic acids is 1. The van der Waals surface area contributed by atoms with E-state index in [4.69, 9.17) is 11.6 Å². The van der Waals surface area contributed by atoms with E-state index >= 15 is 0 Å². The SMILES string of the molecule is O=C(N[C@@H]1CCCC[C@H]1O)c1cc(-c2ccc(Cl)cc2)c(OCC(F)(F)F)nc1C(F)(F)F. The number of aliphatic hydroxyl groups excluding tert-OH is 1. The highest BCUT2D eigenvalue weighted by molar-refractivity contribution is 6.30. The van der Waals surface area contributed by atoms with E-state index in [-0.39, 0.29) is 16.1 Å². The zero-order chi connectivity index (χ0) is 24.4. The van der Waals surface area contributed by atoms with Crippen molar-refractivity contribution in [2.75, 3.05) is 6.61 Å². The molecular formula is C21H19ClF6N2O3. The maximum absolute atomic E-state index is 13.7. The molecule has 0 aliphatic heterocycles. The van der Waals surface area contributed by atoms with E-state index in [9.17, 15) is 36.2 Å². The standard InChI is InChI=1S/C21H19ClF6N2O3/c22-12-7-5-11(6-8-12)13-9-14(18(32)29-15-3-1-2-4-16(15)31)17(21(26,27)28)30-19(13)33-10-20(23,24)25/h5-9,15-16,31H,1-4,10H2,(H,29,32)/t15-,16-/m1/s1. The molecule has 0 unspecified atom stereocenters. The number of benzene rings is 1. The van der Waals surface area contributed by atoms with Gasteiger partial charge in [-0.1, -0.05) is 36.6 Å². The maximum atomic E-state index is 13.7. The number of hydrogen-bond acceptors (Lipinski definition) is 4. The third-order valence-electron chi connectivity index (χ3n) is 5.07. The van der Waals surface area contributed by atoms with Gasteiger partial charge in [0.05, 0.1) is 17.7 Å². The summed E-state index contributed by atoms with van der Waals surface area (Å²) in [5.74, 6) is -2.09. The number of amides is 1. The molecule has 1 heterocycles. The van der Waals surface area contributed by atoms with Crippen LogP contribution in [0, 0.1) is 0 Å². The normalized spacial score (nSPS) is 19.3. The van der Waals surface area contributed by atoms with Gasteiger partial charge in [-0.05, 0) is 36.6 Å². The van der Waals surface area contributed by atoms with Gasteiger partial charge in [-0.25, -0.2) is 4.98 Å². The van der Waals surface area contributed by atoms with Crippen LogP contribution in [0.4, 0.5) is 26.3 Å². The van der Waals surface area contributed by atoms with Gasteiger partial charge < -0.3 is 15.2 Å². The maximum Gasteiger partial charge on any atom is 0.434 e. The van der Waals surface area contributed by atoms with Crippen molar-refractivity contribution in [3.63, 3.8) is 0 Å². The van der Waals surface area contributed by atoms with Crippen LogP contribution in [-0.4, -0.2) is 40.9 Å². The molecule has 0 bridgehead atoms. The molecular weight excluding hydrogens is 478 g/mol. The fourth-order valence-electron chi connectivity index (χ4n) is 3.51. The lowest BCUT2D eigenvalue weighted by atomic mass is 9.92. The van der Waals surface area contributed by atoms with Crippen molar-refractivity contribution < 1.29 is 41.0 Å². The fourth-order valence-corrected chi connectivity index (χ4v) is 3.63. The highest BCUT2D eigenvalue weighted by Gasteiger charge is 2.40. The Labute approximate surface area is 189 Å². The van der Waals surface area contributed by atoms with Gasteiger partial charge in [0, 0.05) is 10.6 Å². The second-order valence-electron chi connectivity index (χ2n) is 7.58. The van der Waals surface area contributed by atoms with E-state index in [1.54, 1.807) is 0 Å². The second-order valence-corrected chi connectivity index (χ2v) is 8.01. The third kappa shape index (κ3) is 6.50. The molecule has 3 rings (SSSR count). The van der Waals surface area contributed by atoms with Crippen molar-refractivity contribution in [1.29, 1.82) is 0 Å². The van der Waals surface area contributed by atoms with Gasteiger partial charge >= 0.3 is 12.4 Å². The van der Waals surface area contributed by atoms with Crippen LogP contribution in [0.5, 0.6) is 5.88 Å². The summed E-state index contributed by atoms with van der Waals surface area (Å²) in [6, 6.07) is 5.47. The summed E-state index contributed by atoms with van der Waals surface area (Å²) in [5, 5.41) is 12.7. The lowest BCUT2D eigenvalue weighted by Gasteiger charge is -2.28. The number of carbonyl (C=O) groups is 1. The first-order valence-corrected chi connectivity index (χ1v) is 10.3. The predicted molar refractivity (Wildman–Crippen MR) is 107 cm³/mol. The number of aliphatic hydroxyl groups is 1. The summed E-state index contributed by atoms with van der Waals surface area (Å²) in [6.07, 6.45) is -8.76. The quantitative estimate of drug-likeness (QED) is 0.544. The van der Waals surface area contributed by atoms with Gasteiger partial charge in [0.2, 0.25) is 5.88 Å². The van der Waals surface area contributed by atoms with E-state index in [1.165, 1.54) is 24.3 Å². The van der Waals surface area contributed by atoms with E-state index in [2.05, 4.69) is 15.0 Å². The molecule has 12 heteroatoms. The number of ether oxygens (including phenoxy) is 1. The summed E-state index contributed by atoms with van der Waals surface area (Å²) in [7, 11) is 0. The highest BCUT2D eigenvalue weighted by Crippen LogP contribution is 2.38. The number of aromatic nitrogens is 1. The zero-order valence-electron chi connectivity index (χ0n) is 16.9. The van der Waals surface area contributed by atoms with Crippen LogP contribution in [0.1, 0.15) is 41.7 Å². The fraction of sp³-hybridized carbons (Fsp3) is 0.429. The van der Waals surface area contributed by atoms with Crippen LogP contribution < -0.4 is 10.1 Å². The number of pyridine rings is 1. The Hall–Kier alpha value is -2.53. The van der Waals surface area contributed by atoms with Crippen molar-refractivity contribution in [3.05, 3.63) is 46.6 Å². The molecule has 1 saturated carbocycles. The highest BCUT2D eigenvalue weighted by atomic mass is 35.5. The monoisotopic (exact) mass is 496 g/mol. The molecule has 2 N–H and O–H groups in total. The summed E-state index contributed by atoms with van der Waals surface area (Å²) < 4.78 is 83.8. The van der Waals surface area contributed by atoms with Crippen LogP contribution in [0.2, 0.25) is 5.02 Å². The first-order chi connectivity index (χ1) is 15.3. The lowest BCUT2D eigenvalue weighted by molar-refractivity contribution is -0.154. The Bertz CT molecular complexity index is 995. The Morgan fingerprint density at radius 2 is 1.76 bits per heavy atom. The molecule has 5 nitrogen and oxygen atoms in total. The summed E-state index contributed by atoms with van der Waals surface area (Å²) in [5.41, 5.74) is -2.70. The van der Waals surface area contributed by atoms with Crippen LogP contribution >= 0.6 is 11.6 Å². The largest absolute Gasteiger partial charge is 0.468 e. The van der Waals surface area contributed by atoms with Crippen LogP contribution in [0.3, 0.4) is 0 Å². The van der Waals surface area contributed by atoms with Crippen molar-refractivity contribution in [2.24, 2.45) is 0 Å². The molecule has 33 heavy (non-hydrogen) atoms. The van der Waals surface area contributed by atoms with Crippen LogP contribution in [-0.2, 0) is 6.18 Å². The minimum Gasteiger partial charge on any atom is -0.468 e. The molecule has 1 aromatic heterocycles. The summed E-state index contributed by atoms with van der Waals surface area (Å²) >= 11 is 5.82. The summed E-state index contributed by atoms with van der Waals surface area (Å²) in [6.45, 7) is -1.88. The average Bonchev–Trinajstić information content (AvgIpc) is 2.72. The van der Waals surface area contributed by atoms with E-state index in [0.717, 1.165) is 12.5 Å². The number of halogens is 7. The second kappa shape index (κ2) is 9.76. The number of nitrogens with zero attached hydrogens (tertiary/aromatic N) is 1. The Kier molecular flexibility index (Phi) is 7.42. The van der Waals surface area contributed by atoms with Crippen molar-refractivity contribution >= 4 is 17.5 Å². The molecule has 1 aromatic carbocycles. The van der Waals surface area contributed by atoms with Crippen LogP contribution in [0.25, 0.3) is 11.1 Å². The van der Waals surface area contributed by atoms with Gasteiger partial charge in [0.25, 0.3) is 5.91 Å². The van der Waals surface area contributed by atoms with Gasteiger partial charge in [0.15, 0.2) is 12.3 Å². The van der Waals surface area contributed by atoms with Gasteiger partial charge in [-0.2, -0.15) is 26.3 Å². The first-order valence-electron chi connectivity index (χ1n) is 9.92. The molecule has 1 amide bonds. The number of rotatable bonds is 5. The Morgan fingerprint density at radius 3 is 2.33 bits per heavy atom. The zero-order valence-corrected chi connectivity index (χ0v) is 17.7. The van der Waals surface area contributed by atoms with E-state index in [1.807, 2.05) is 0 Å². The lowest BCUT2D eigenvalue weighted by Crippen LogP contribution is -2.45. The molecule has 1 fully saturated rings. The average molecular weight is 497 g/mol. The van der Waals surface area contributed by atoms with Gasteiger partial charge in [-0.15, -0.1) is 0 Å². The number of nitrogens with one attached hydrogen (secondary N) is 1. The molecule has 1 aliphatic carbocycles. The minimum absolute atomic E-state index is 0.143. The van der Waals surface area contributed by atoms with E-state index in [0.29, 0.717) is 19.3 Å². The number of alkyl halides is 6. The molecule has 0 saturated heterocycles. The van der Waals surface area contributed by atoms with Gasteiger partial charge in [0.1, 0.15) is 0 Å². The van der Waals surface area contributed by atoms with Crippen molar-refractivity contribution in [1.82, 2.24) is 10.3 Å². The molecule has 180 valence electrons. The third-order valence-corrected chi connectivity index (χ3v) is 5.33. The van der Waals surface area contributed by atoms with Crippen LogP contribution in [0.15, 0.2) is 30.3 Å². The Morgan fingerprint density at radius 1 is 1.12 bits per heavy atom. The molecule has 0 spiro atoms. The van der Waals surface area contributed by atoms with Crippen molar-refractivity contribution in [2.45, 2.75) is 50.2 Å². The first kappa shape index (κ1) is 25.1. The predicted octanol–water partition coefficient (Wildman–Crippen LogP) is 5.40. The molecule has 2 aromatic rings. The number of hydrogen-bond donors (Lipinski definition) is 2. The van der Waals surface area contributed by atoms with Gasteiger partial charge in [-0.3, -0.25) is 4.79 Å². The minimum atomic E-state index is -5.16. The molecule has 1 aliphatic rings. The molecule has 0 radical (unpaired) electrons.